The van der Waals surface area contributed by atoms with Crippen LogP contribution >= 0.6 is 58.0 Å². The Labute approximate surface area is 296 Å². The maximum atomic E-state index is 14.1. The Balaban J connectivity index is 1.87. The van der Waals surface area contributed by atoms with Gasteiger partial charge in [0.2, 0.25) is 5.91 Å². The van der Waals surface area contributed by atoms with Crippen LogP contribution in [0.25, 0.3) is 0 Å². The third-order valence-corrected chi connectivity index (χ3v) is 8.83. The molecule has 0 bridgehead atoms. The van der Waals surface area contributed by atoms with Gasteiger partial charge in [0.25, 0.3) is 0 Å². The van der Waals surface area contributed by atoms with Gasteiger partial charge in [0.05, 0.1) is 49.7 Å². The quantitative estimate of drug-likeness (QED) is 0.143. The van der Waals surface area contributed by atoms with Gasteiger partial charge in [0, 0.05) is 31.4 Å². The van der Waals surface area contributed by atoms with E-state index in [-0.39, 0.29) is 67.0 Å². The van der Waals surface area contributed by atoms with Gasteiger partial charge in [-0.2, -0.15) is 5.01 Å². The first-order chi connectivity index (χ1) is 22.3. The largest absolute Gasteiger partial charge is 0.462 e. The zero-order valence-electron chi connectivity index (χ0n) is 25.6. The lowest BCUT2D eigenvalue weighted by Crippen LogP contribution is -2.30. The SMILES string of the molecule is CCOC(=O)c1c(Cl)c(Cl)c(N2N=C(Nc3cc(NC(C)=O)ccc3Cl)/C(=N/c3ccc(N(CC)CCO)cc3C)C2=O)c(Cl)c1Cl. The highest BCUT2D eigenvalue weighted by atomic mass is 35.5. The van der Waals surface area contributed by atoms with Gasteiger partial charge in [0.1, 0.15) is 11.3 Å². The summed E-state index contributed by atoms with van der Waals surface area (Å²) >= 11 is 32.6. The number of rotatable bonds is 10. The fourth-order valence-corrected chi connectivity index (χ4v) is 5.94. The molecule has 1 aliphatic heterocycles. The van der Waals surface area contributed by atoms with Crippen molar-refractivity contribution in [3.8, 4) is 0 Å². The zero-order chi connectivity index (χ0) is 34.6. The summed E-state index contributed by atoms with van der Waals surface area (Å²) in [5.41, 5.74) is 2.13. The number of esters is 1. The lowest BCUT2D eigenvalue weighted by molar-refractivity contribution is -0.114. The molecule has 3 N–H and O–H groups in total. The third-order valence-electron chi connectivity index (χ3n) is 6.82. The average molecular weight is 743 g/mol. The van der Waals surface area contributed by atoms with E-state index in [2.05, 4.69) is 20.7 Å². The number of nitrogens with zero attached hydrogens (tertiary/aromatic N) is 4. The molecule has 0 atom stereocenters. The van der Waals surface area contributed by atoms with E-state index in [1.165, 1.54) is 6.92 Å². The van der Waals surface area contributed by atoms with Crippen molar-refractivity contribution in [3.05, 3.63) is 72.6 Å². The predicted octanol–water partition coefficient (Wildman–Crippen LogP) is 7.76. The molecule has 1 heterocycles. The van der Waals surface area contributed by atoms with Crippen molar-refractivity contribution in [2.24, 2.45) is 10.1 Å². The van der Waals surface area contributed by atoms with E-state index in [1.807, 2.05) is 30.9 Å². The second-order valence-electron chi connectivity index (χ2n) is 10.0. The van der Waals surface area contributed by atoms with Gasteiger partial charge in [-0.05, 0) is 62.7 Å². The van der Waals surface area contributed by atoms with Crippen molar-refractivity contribution in [2.45, 2.75) is 27.7 Å². The number of amides is 2. The van der Waals surface area contributed by atoms with E-state index < -0.39 is 11.9 Å². The molecule has 0 saturated carbocycles. The molecule has 0 aromatic heterocycles. The number of benzene rings is 3. The molecular formula is C31H29Cl5N6O5. The molecule has 16 heteroatoms. The minimum absolute atomic E-state index is 0.0155. The van der Waals surface area contributed by atoms with Crippen LogP contribution in [0.3, 0.4) is 0 Å². The molecule has 0 radical (unpaired) electrons. The van der Waals surface area contributed by atoms with Crippen LogP contribution < -0.4 is 20.5 Å². The van der Waals surface area contributed by atoms with Crippen LogP contribution in [-0.4, -0.2) is 60.7 Å². The Morgan fingerprint density at radius 1 is 1.02 bits per heavy atom. The van der Waals surface area contributed by atoms with E-state index >= 15 is 0 Å². The zero-order valence-corrected chi connectivity index (χ0v) is 29.3. The molecule has 2 amide bonds. The van der Waals surface area contributed by atoms with E-state index in [4.69, 9.17) is 62.7 Å². The molecular weight excluding hydrogens is 714 g/mol. The molecule has 11 nitrogen and oxygen atoms in total. The maximum Gasteiger partial charge on any atom is 0.341 e. The van der Waals surface area contributed by atoms with Crippen LogP contribution in [-0.2, 0) is 14.3 Å². The molecule has 0 fully saturated rings. The Bertz CT molecular complexity index is 1790. The van der Waals surface area contributed by atoms with Crippen molar-refractivity contribution in [3.63, 3.8) is 0 Å². The topological polar surface area (TPSA) is 136 Å². The third kappa shape index (κ3) is 7.77. The van der Waals surface area contributed by atoms with Crippen LogP contribution in [0.5, 0.6) is 0 Å². The van der Waals surface area contributed by atoms with Crippen molar-refractivity contribution in [2.75, 3.05) is 46.8 Å². The fraction of sp³-hybridized carbons (Fsp3) is 0.258. The summed E-state index contributed by atoms with van der Waals surface area (Å²) in [5, 5.41) is 19.6. The van der Waals surface area contributed by atoms with Crippen LogP contribution in [0.2, 0.25) is 25.1 Å². The van der Waals surface area contributed by atoms with Gasteiger partial charge >= 0.3 is 11.9 Å². The van der Waals surface area contributed by atoms with Gasteiger partial charge < -0.3 is 25.4 Å². The number of aryl methyl sites for hydroxylation is 1. The molecule has 47 heavy (non-hydrogen) atoms. The fourth-order valence-electron chi connectivity index (χ4n) is 4.62. The highest BCUT2D eigenvalue weighted by Gasteiger charge is 2.38. The number of anilines is 4. The Hall–Kier alpha value is -3.58. The molecule has 248 valence electrons. The van der Waals surface area contributed by atoms with Gasteiger partial charge in [-0.25, -0.2) is 9.79 Å². The average Bonchev–Trinajstić information content (AvgIpc) is 3.31. The number of likely N-dealkylation sites (N-methyl/N-ethyl adjacent to an activating group) is 1. The second-order valence-corrected chi connectivity index (χ2v) is 11.9. The van der Waals surface area contributed by atoms with Crippen molar-refractivity contribution >= 4 is 116 Å². The van der Waals surface area contributed by atoms with E-state index in [0.717, 1.165) is 16.3 Å². The standard InChI is InChI=1S/C31H29Cl5N6O5/c1-5-41(11-12-43)18-8-10-20(15(3)13-18)38-27-29(39-21-14-17(37-16(4)44)7-9-19(21)32)40-42(30(27)45)28-25(35)23(33)22(24(34)26(28)36)31(46)47-6-2/h7-10,13-14,43H,5-6,11-12H2,1-4H3,(H,37,44)(H,39,40)/b38-27-. The van der Waals surface area contributed by atoms with Crippen molar-refractivity contribution in [1.29, 1.82) is 0 Å². The first-order valence-corrected chi connectivity index (χ1v) is 16.1. The number of aliphatic hydroxyl groups is 1. The summed E-state index contributed by atoms with van der Waals surface area (Å²) in [6, 6.07) is 10.2. The summed E-state index contributed by atoms with van der Waals surface area (Å²) in [7, 11) is 0. The van der Waals surface area contributed by atoms with Gasteiger partial charge in [-0.1, -0.05) is 58.0 Å². The minimum atomic E-state index is -0.855. The highest BCUT2D eigenvalue weighted by molar-refractivity contribution is 6.74. The number of hydrogen-bond acceptors (Lipinski definition) is 9. The molecule has 3 aromatic carbocycles. The number of amidine groups is 1. The molecule has 4 rings (SSSR count). The first-order valence-electron chi connectivity index (χ1n) is 14.2. The number of ether oxygens (including phenoxy) is 1. The molecule has 0 aliphatic carbocycles. The number of carbonyl (C=O) groups excluding carboxylic acids is 3. The molecule has 0 spiro atoms. The number of hydrazone groups is 1. The highest BCUT2D eigenvalue weighted by Crippen LogP contribution is 2.47. The Morgan fingerprint density at radius 3 is 2.28 bits per heavy atom. The lowest BCUT2D eigenvalue weighted by atomic mass is 10.1. The van der Waals surface area contributed by atoms with Gasteiger partial charge in [-0.15, -0.1) is 5.10 Å². The Morgan fingerprint density at radius 2 is 1.70 bits per heavy atom. The Kier molecular flexibility index (Phi) is 12.0. The number of aliphatic imine (C=N–C) groups is 1. The lowest BCUT2D eigenvalue weighted by Gasteiger charge is -2.22. The summed E-state index contributed by atoms with van der Waals surface area (Å²) in [5.74, 6) is -1.97. The van der Waals surface area contributed by atoms with Crippen LogP contribution in [0.1, 0.15) is 36.7 Å². The molecule has 0 saturated heterocycles. The summed E-state index contributed by atoms with van der Waals surface area (Å²) < 4.78 is 5.04. The van der Waals surface area contributed by atoms with E-state index in [0.29, 0.717) is 30.2 Å². The van der Waals surface area contributed by atoms with Crippen LogP contribution in [0.15, 0.2) is 46.5 Å². The van der Waals surface area contributed by atoms with E-state index in [9.17, 15) is 19.5 Å². The summed E-state index contributed by atoms with van der Waals surface area (Å²) in [6.45, 7) is 7.89. The van der Waals surface area contributed by atoms with Gasteiger partial charge in [-0.3, -0.25) is 9.59 Å². The molecule has 1 aliphatic rings. The smallest absolute Gasteiger partial charge is 0.341 e. The molecule has 0 unspecified atom stereocenters. The number of halogens is 5. The minimum Gasteiger partial charge on any atom is -0.462 e. The normalized spacial score (nSPS) is 13.6. The maximum absolute atomic E-state index is 14.1. The van der Waals surface area contributed by atoms with Crippen LogP contribution in [0.4, 0.5) is 28.4 Å². The number of hydrogen-bond donors (Lipinski definition) is 3. The monoisotopic (exact) mass is 740 g/mol. The van der Waals surface area contributed by atoms with E-state index in [1.54, 1.807) is 31.2 Å². The summed E-state index contributed by atoms with van der Waals surface area (Å²) in [4.78, 5) is 45.0. The number of carbonyl (C=O) groups is 3. The molecule has 3 aromatic rings. The summed E-state index contributed by atoms with van der Waals surface area (Å²) in [6.07, 6.45) is 0. The van der Waals surface area contributed by atoms with Gasteiger partial charge in [0.15, 0.2) is 11.5 Å². The number of nitrogens with one attached hydrogen (secondary N) is 2. The van der Waals surface area contributed by atoms with Crippen molar-refractivity contribution < 1.29 is 24.2 Å². The van der Waals surface area contributed by atoms with Crippen molar-refractivity contribution in [1.82, 2.24) is 0 Å². The first kappa shape index (κ1) is 36.3. The van der Waals surface area contributed by atoms with Crippen LogP contribution in [0, 0.1) is 6.92 Å². The second kappa shape index (κ2) is 15.5. The predicted molar refractivity (Wildman–Crippen MR) is 190 cm³/mol. The number of aliphatic hydroxyl groups excluding tert-OH is 1.